The number of hydrogen-bond donors (Lipinski definition) is 1. The summed E-state index contributed by atoms with van der Waals surface area (Å²) in [6.45, 7) is 1.26. The number of halogens is 1. The number of nitrogens with zero attached hydrogens (tertiary/aromatic N) is 3. The van der Waals surface area contributed by atoms with E-state index in [1.165, 1.54) is 10.7 Å². The SMILES string of the molecule is CNCCn1nc(-c2ccccn2)ccc1=O.Cl. The van der Waals surface area contributed by atoms with Gasteiger partial charge in [0.15, 0.2) is 0 Å². The van der Waals surface area contributed by atoms with Crippen LogP contribution in [-0.2, 0) is 6.54 Å². The number of nitrogens with one attached hydrogen (secondary N) is 1. The molecule has 0 saturated carbocycles. The second-order valence-corrected chi connectivity index (χ2v) is 3.60. The molecular formula is C12H15ClN4O. The maximum atomic E-state index is 11.6. The molecule has 0 bridgehead atoms. The molecule has 2 aromatic heterocycles. The van der Waals surface area contributed by atoms with Gasteiger partial charge in [-0.1, -0.05) is 6.07 Å². The number of hydrogen-bond acceptors (Lipinski definition) is 4. The topological polar surface area (TPSA) is 59.8 Å². The van der Waals surface area contributed by atoms with Crippen molar-refractivity contribution < 1.29 is 0 Å². The van der Waals surface area contributed by atoms with E-state index in [2.05, 4.69) is 15.4 Å². The minimum absolute atomic E-state index is 0. The zero-order valence-corrected chi connectivity index (χ0v) is 10.9. The van der Waals surface area contributed by atoms with E-state index in [0.717, 1.165) is 5.69 Å². The highest BCUT2D eigenvalue weighted by Gasteiger charge is 2.03. The molecular weight excluding hydrogens is 252 g/mol. The predicted molar refractivity (Wildman–Crippen MR) is 72.9 cm³/mol. The first-order valence-electron chi connectivity index (χ1n) is 5.45. The van der Waals surface area contributed by atoms with Crippen molar-refractivity contribution in [2.24, 2.45) is 0 Å². The van der Waals surface area contributed by atoms with Crippen LogP contribution in [0.25, 0.3) is 11.4 Å². The lowest BCUT2D eigenvalue weighted by molar-refractivity contribution is 0.557. The maximum absolute atomic E-state index is 11.6. The molecule has 0 aromatic carbocycles. The molecule has 2 heterocycles. The second-order valence-electron chi connectivity index (χ2n) is 3.60. The third kappa shape index (κ3) is 3.38. The smallest absolute Gasteiger partial charge is 0.266 e. The van der Waals surface area contributed by atoms with Crippen LogP contribution in [0.4, 0.5) is 0 Å². The normalized spacial score (nSPS) is 9.83. The highest BCUT2D eigenvalue weighted by molar-refractivity contribution is 5.85. The van der Waals surface area contributed by atoms with E-state index in [0.29, 0.717) is 18.8 Å². The predicted octanol–water partition coefficient (Wildman–Crippen LogP) is 0.946. The van der Waals surface area contributed by atoms with E-state index in [1.54, 1.807) is 12.3 Å². The summed E-state index contributed by atoms with van der Waals surface area (Å²) in [7, 11) is 1.84. The zero-order chi connectivity index (χ0) is 12.1. The van der Waals surface area contributed by atoms with Crippen LogP contribution in [0.15, 0.2) is 41.3 Å². The van der Waals surface area contributed by atoms with Gasteiger partial charge in [0, 0.05) is 18.8 Å². The van der Waals surface area contributed by atoms with Gasteiger partial charge in [-0.3, -0.25) is 9.78 Å². The van der Waals surface area contributed by atoms with Gasteiger partial charge in [0.2, 0.25) is 0 Å². The Morgan fingerprint density at radius 3 is 2.72 bits per heavy atom. The van der Waals surface area contributed by atoms with Crippen molar-refractivity contribution in [3.05, 3.63) is 46.9 Å². The van der Waals surface area contributed by atoms with Crippen LogP contribution >= 0.6 is 12.4 Å². The van der Waals surface area contributed by atoms with Gasteiger partial charge < -0.3 is 5.32 Å². The van der Waals surface area contributed by atoms with E-state index in [-0.39, 0.29) is 18.0 Å². The molecule has 1 N–H and O–H groups in total. The molecule has 0 saturated heterocycles. The van der Waals surface area contributed by atoms with Gasteiger partial charge in [0.25, 0.3) is 5.56 Å². The summed E-state index contributed by atoms with van der Waals surface area (Å²) < 4.78 is 1.44. The van der Waals surface area contributed by atoms with Crippen LogP contribution in [0.5, 0.6) is 0 Å². The van der Waals surface area contributed by atoms with E-state index < -0.39 is 0 Å². The van der Waals surface area contributed by atoms with Gasteiger partial charge in [0.05, 0.1) is 12.2 Å². The fourth-order valence-corrected chi connectivity index (χ4v) is 1.48. The Bertz CT molecular complexity index is 541. The lowest BCUT2D eigenvalue weighted by Crippen LogP contribution is -2.27. The lowest BCUT2D eigenvalue weighted by atomic mass is 10.2. The molecule has 6 heteroatoms. The summed E-state index contributed by atoms with van der Waals surface area (Å²) in [6.07, 6.45) is 1.71. The molecule has 96 valence electrons. The van der Waals surface area contributed by atoms with E-state index in [1.807, 2.05) is 25.2 Å². The van der Waals surface area contributed by atoms with E-state index >= 15 is 0 Å². The zero-order valence-electron chi connectivity index (χ0n) is 10.0. The summed E-state index contributed by atoms with van der Waals surface area (Å²) in [5.41, 5.74) is 1.38. The molecule has 0 amide bonds. The van der Waals surface area contributed by atoms with Crippen LogP contribution in [0.2, 0.25) is 0 Å². The first-order valence-corrected chi connectivity index (χ1v) is 5.45. The molecule has 0 atom stereocenters. The van der Waals surface area contributed by atoms with Crippen LogP contribution in [0, 0.1) is 0 Å². The minimum Gasteiger partial charge on any atom is -0.318 e. The molecule has 5 nitrogen and oxygen atoms in total. The van der Waals surface area contributed by atoms with Crippen molar-refractivity contribution in [2.75, 3.05) is 13.6 Å². The van der Waals surface area contributed by atoms with Crippen LogP contribution < -0.4 is 10.9 Å². The average Bonchev–Trinajstić information content (AvgIpc) is 2.39. The van der Waals surface area contributed by atoms with E-state index in [9.17, 15) is 4.79 Å². The van der Waals surface area contributed by atoms with Crippen molar-refractivity contribution in [1.29, 1.82) is 0 Å². The minimum atomic E-state index is -0.0973. The number of rotatable bonds is 4. The first kappa shape index (κ1) is 14.3. The van der Waals surface area contributed by atoms with Gasteiger partial charge in [-0.25, -0.2) is 4.68 Å². The summed E-state index contributed by atoms with van der Waals surface area (Å²) in [5.74, 6) is 0. The lowest BCUT2D eigenvalue weighted by Gasteiger charge is -2.05. The fraction of sp³-hybridized carbons (Fsp3) is 0.250. The van der Waals surface area contributed by atoms with Crippen molar-refractivity contribution in [1.82, 2.24) is 20.1 Å². The Balaban J connectivity index is 0.00000162. The number of aromatic nitrogens is 3. The third-order valence-electron chi connectivity index (χ3n) is 2.37. The van der Waals surface area contributed by atoms with Crippen molar-refractivity contribution in [2.45, 2.75) is 6.54 Å². The Labute approximate surface area is 111 Å². The molecule has 0 radical (unpaired) electrons. The average molecular weight is 267 g/mol. The van der Waals surface area contributed by atoms with Crippen molar-refractivity contribution >= 4 is 12.4 Å². The van der Waals surface area contributed by atoms with Gasteiger partial charge in [-0.05, 0) is 25.2 Å². The maximum Gasteiger partial charge on any atom is 0.266 e. The summed E-state index contributed by atoms with van der Waals surface area (Å²) in [5, 5.41) is 7.27. The fourth-order valence-electron chi connectivity index (χ4n) is 1.48. The Morgan fingerprint density at radius 1 is 1.22 bits per heavy atom. The monoisotopic (exact) mass is 266 g/mol. The molecule has 0 fully saturated rings. The van der Waals surface area contributed by atoms with Crippen LogP contribution in [0.1, 0.15) is 0 Å². The first-order chi connectivity index (χ1) is 8.31. The standard InChI is InChI=1S/C12H14N4O.ClH/c1-13-8-9-16-12(17)6-5-11(15-16)10-4-2-3-7-14-10;/h2-7,13H,8-9H2,1H3;1H. The quantitative estimate of drug-likeness (QED) is 0.895. The Kier molecular flexibility index (Phi) is 5.48. The van der Waals surface area contributed by atoms with Gasteiger partial charge in [0.1, 0.15) is 5.69 Å². The highest BCUT2D eigenvalue weighted by Crippen LogP contribution is 2.10. The van der Waals surface area contributed by atoms with Crippen molar-refractivity contribution in [3.63, 3.8) is 0 Å². The molecule has 18 heavy (non-hydrogen) atoms. The third-order valence-corrected chi connectivity index (χ3v) is 2.37. The summed E-state index contributed by atoms with van der Waals surface area (Å²) in [6, 6.07) is 8.83. The number of likely N-dealkylation sites (N-methyl/N-ethyl adjacent to an activating group) is 1. The van der Waals surface area contributed by atoms with Crippen LogP contribution in [0.3, 0.4) is 0 Å². The molecule has 0 unspecified atom stereocenters. The Morgan fingerprint density at radius 2 is 2.06 bits per heavy atom. The molecule has 0 aliphatic heterocycles. The summed E-state index contributed by atoms with van der Waals surface area (Å²) in [4.78, 5) is 15.8. The molecule has 0 aliphatic rings. The molecule has 0 spiro atoms. The molecule has 2 rings (SSSR count). The number of pyridine rings is 1. The largest absolute Gasteiger partial charge is 0.318 e. The highest BCUT2D eigenvalue weighted by atomic mass is 35.5. The van der Waals surface area contributed by atoms with Crippen molar-refractivity contribution in [3.8, 4) is 11.4 Å². The Hall–Kier alpha value is -1.72. The van der Waals surface area contributed by atoms with Crippen LogP contribution in [-0.4, -0.2) is 28.4 Å². The molecule has 2 aromatic rings. The van der Waals surface area contributed by atoms with Gasteiger partial charge in [-0.2, -0.15) is 5.10 Å². The van der Waals surface area contributed by atoms with Gasteiger partial charge >= 0.3 is 0 Å². The second kappa shape index (κ2) is 6.88. The van der Waals surface area contributed by atoms with E-state index in [4.69, 9.17) is 0 Å². The van der Waals surface area contributed by atoms with Gasteiger partial charge in [-0.15, -0.1) is 12.4 Å². The molecule has 0 aliphatic carbocycles. The summed E-state index contributed by atoms with van der Waals surface area (Å²) >= 11 is 0.